The minimum atomic E-state index is -0.596. The van der Waals surface area contributed by atoms with Crippen LogP contribution in [0.15, 0.2) is 54.6 Å². The molecule has 0 bridgehead atoms. The second-order valence-electron chi connectivity index (χ2n) is 7.81. The number of rotatable bonds is 7. The highest BCUT2D eigenvalue weighted by Gasteiger charge is 2.23. The number of carbonyl (C=O) groups is 3. The minimum absolute atomic E-state index is 0.224. The van der Waals surface area contributed by atoms with Gasteiger partial charge in [-0.2, -0.15) is 0 Å². The molecule has 3 aromatic rings. The minimum Gasteiger partial charge on any atom is -0.452 e. The molecule has 0 spiro atoms. The van der Waals surface area contributed by atoms with Gasteiger partial charge in [0.05, 0.1) is 5.52 Å². The number of nitrogens with one attached hydrogen (secondary N) is 2. The van der Waals surface area contributed by atoms with Crippen molar-refractivity contribution in [2.45, 2.75) is 19.8 Å². The third-order valence-electron chi connectivity index (χ3n) is 5.41. The number of para-hydroxylation sites is 1. The lowest BCUT2D eigenvalue weighted by Gasteiger charge is -2.20. The van der Waals surface area contributed by atoms with Gasteiger partial charge in [0.15, 0.2) is 6.61 Å². The first-order valence-corrected chi connectivity index (χ1v) is 11.0. The number of nitrogens with zero attached hydrogens (tertiary/aromatic N) is 2. The number of ether oxygens (including phenoxy) is 1. The molecule has 8 nitrogen and oxygen atoms in total. The van der Waals surface area contributed by atoms with Crippen molar-refractivity contribution in [3.8, 4) is 0 Å². The van der Waals surface area contributed by atoms with Gasteiger partial charge in [0, 0.05) is 36.3 Å². The van der Waals surface area contributed by atoms with Gasteiger partial charge in [0.2, 0.25) is 0 Å². The van der Waals surface area contributed by atoms with Gasteiger partial charge in [-0.1, -0.05) is 24.3 Å². The van der Waals surface area contributed by atoms with Crippen LogP contribution in [0.4, 0.5) is 11.5 Å². The van der Waals surface area contributed by atoms with Gasteiger partial charge >= 0.3 is 5.97 Å². The number of pyridine rings is 1. The zero-order valence-corrected chi connectivity index (χ0v) is 18.5. The van der Waals surface area contributed by atoms with E-state index in [1.807, 2.05) is 31.2 Å². The van der Waals surface area contributed by atoms with Crippen LogP contribution in [0.2, 0.25) is 0 Å². The highest BCUT2D eigenvalue weighted by atomic mass is 16.5. The first kappa shape index (κ1) is 22.3. The van der Waals surface area contributed by atoms with Gasteiger partial charge in [-0.15, -0.1) is 0 Å². The van der Waals surface area contributed by atoms with Crippen LogP contribution in [0.5, 0.6) is 0 Å². The van der Waals surface area contributed by atoms with Crippen molar-refractivity contribution in [3.63, 3.8) is 0 Å². The first-order chi connectivity index (χ1) is 16.0. The maximum Gasteiger partial charge on any atom is 0.342 e. The summed E-state index contributed by atoms with van der Waals surface area (Å²) in [6.07, 6.45) is 2.08. The highest BCUT2D eigenvalue weighted by molar-refractivity contribution is 6.01. The third-order valence-corrected chi connectivity index (χ3v) is 5.41. The Kier molecular flexibility index (Phi) is 6.83. The van der Waals surface area contributed by atoms with Crippen molar-refractivity contribution in [3.05, 3.63) is 65.7 Å². The zero-order valence-electron chi connectivity index (χ0n) is 18.5. The van der Waals surface area contributed by atoms with Gasteiger partial charge < -0.3 is 20.3 Å². The van der Waals surface area contributed by atoms with Gasteiger partial charge in [0.1, 0.15) is 11.4 Å². The van der Waals surface area contributed by atoms with Gasteiger partial charge in [-0.25, -0.2) is 9.78 Å². The second-order valence-corrected chi connectivity index (χ2v) is 7.81. The van der Waals surface area contributed by atoms with Crippen molar-refractivity contribution in [1.29, 1.82) is 0 Å². The standard InChI is InChI=1S/C25H26N4O4/c1-2-26-24(31)18-9-7-10-19(14-18)27-22(30)16-33-25(32)20-15-17-8-3-4-11-21(17)28-23(20)29-12-5-6-13-29/h3-4,7-11,14-15H,2,5-6,12-13,16H2,1H3,(H,26,31)(H,27,30). The summed E-state index contributed by atoms with van der Waals surface area (Å²) in [6, 6.07) is 15.9. The maximum atomic E-state index is 12.9. The summed E-state index contributed by atoms with van der Waals surface area (Å²) in [6.45, 7) is 3.55. The average Bonchev–Trinajstić information content (AvgIpc) is 3.37. The lowest BCUT2D eigenvalue weighted by atomic mass is 10.1. The van der Waals surface area contributed by atoms with Crippen LogP contribution in [0.3, 0.4) is 0 Å². The molecule has 170 valence electrons. The normalized spacial score (nSPS) is 13.1. The van der Waals surface area contributed by atoms with Gasteiger partial charge in [0.25, 0.3) is 11.8 Å². The molecule has 4 rings (SSSR count). The lowest BCUT2D eigenvalue weighted by Crippen LogP contribution is -2.25. The van der Waals surface area contributed by atoms with Crippen molar-refractivity contribution < 1.29 is 19.1 Å². The summed E-state index contributed by atoms with van der Waals surface area (Å²) < 4.78 is 5.33. The summed E-state index contributed by atoms with van der Waals surface area (Å²) in [5.41, 5.74) is 2.04. The van der Waals surface area contributed by atoms with E-state index in [-0.39, 0.29) is 5.91 Å². The van der Waals surface area contributed by atoms with E-state index in [1.165, 1.54) is 0 Å². The van der Waals surface area contributed by atoms with Crippen molar-refractivity contribution >= 4 is 40.2 Å². The van der Waals surface area contributed by atoms with Crippen molar-refractivity contribution in [1.82, 2.24) is 10.3 Å². The Labute approximate surface area is 191 Å². The summed E-state index contributed by atoms with van der Waals surface area (Å²) >= 11 is 0. The Balaban J connectivity index is 1.45. The largest absolute Gasteiger partial charge is 0.452 e. The Morgan fingerprint density at radius 3 is 2.61 bits per heavy atom. The van der Waals surface area contributed by atoms with Crippen LogP contribution < -0.4 is 15.5 Å². The van der Waals surface area contributed by atoms with Crippen molar-refractivity contribution in [2.75, 3.05) is 36.5 Å². The second kappa shape index (κ2) is 10.1. The molecular weight excluding hydrogens is 420 g/mol. The average molecular weight is 447 g/mol. The molecule has 1 saturated heterocycles. The predicted molar refractivity (Wildman–Crippen MR) is 127 cm³/mol. The maximum absolute atomic E-state index is 12.9. The van der Waals surface area contributed by atoms with Crippen LogP contribution in [-0.2, 0) is 9.53 Å². The van der Waals surface area contributed by atoms with Crippen LogP contribution in [0, 0.1) is 0 Å². The van der Waals surface area contributed by atoms with Gasteiger partial charge in [-0.3, -0.25) is 9.59 Å². The molecule has 2 aromatic carbocycles. The SMILES string of the molecule is CCNC(=O)c1cccc(NC(=O)COC(=O)c2cc3ccccc3nc2N2CCCC2)c1. The number of hydrogen-bond donors (Lipinski definition) is 2. The molecule has 0 aliphatic carbocycles. The number of anilines is 2. The topological polar surface area (TPSA) is 101 Å². The summed E-state index contributed by atoms with van der Waals surface area (Å²) in [7, 11) is 0. The number of benzene rings is 2. The highest BCUT2D eigenvalue weighted by Crippen LogP contribution is 2.27. The molecule has 0 atom stereocenters. The van der Waals surface area contributed by atoms with Crippen LogP contribution in [0.1, 0.15) is 40.5 Å². The fraction of sp³-hybridized carbons (Fsp3) is 0.280. The van der Waals surface area contributed by atoms with E-state index in [0.29, 0.717) is 29.2 Å². The Morgan fingerprint density at radius 2 is 1.82 bits per heavy atom. The molecule has 0 radical (unpaired) electrons. The number of fused-ring (bicyclic) bond motifs is 1. The van der Waals surface area contributed by atoms with E-state index in [9.17, 15) is 14.4 Å². The van der Waals surface area contributed by atoms with Gasteiger partial charge in [-0.05, 0) is 50.1 Å². The monoisotopic (exact) mass is 446 g/mol. The number of hydrogen-bond acceptors (Lipinski definition) is 6. The fourth-order valence-electron chi connectivity index (χ4n) is 3.83. The first-order valence-electron chi connectivity index (χ1n) is 11.0. The van der Waals surface area contributed by atoms with E-state index >= 15 is 0 Å². The Bertz CT molecular complexity index is 1190. The van der Waals surface area contributed by atoms with Crippen LogP contribution in [-0.4, -0.2) is 49.0 Å². The molecule has 2 heterocycles. The number of carbonyl (C=O) groups excluding carboxylic acids is 3. The van der Waals surface area contributed by atoms with Crippen LogP contribution >= 0.6 is 0 Å². The fourth-order valence-corrected chi connectivity index (χ4v) is 3.83. The molecule has 1 aromatic heterocycles. The molecule has 0 unspecified atom stereocenters. The van der Waals surface area contributed by atoms with E-state index in [1.54, 1.807) is 30.3 Å². The quantitative estimate of drug-likeness (QED) is 0.540. The summed E-state index contributed by atoms with van der Waals surface area (Å²) in [5.74, 6) is -0.723. The molecule has 33 heavy (non-hydrogen) atoms. The molecule has 0 saturated carbocycles. The smallest absolute Gasteiger partial charge is 0.342 e. The summed E-state index contributed by atoms with van der Waals surface area (Å²) in [4.78, 5) is 44.1. The number of amides is 2. The molecule has 1 aliphatic heterocycles. The Morgan fingerprint density at radius 1 is 1.03 bits per heavy atom. The van der Waals surface area contributed by atoms with Crippen molar-refractivity contribution in [2.24, 2.45) is 0 Å². The zero-order chi connectivity index (χ0) is 23.2. The van der Waals surface area contributed by atoms with E-state index in [0.717, 1.165) is 36.8 Å². The Hall–Kier alpha value is -3.94. The molecule has 1 fully saturated rings. The third kappa shape index (κ3) is 5.28. The molecule has 1 aliphatic rings. The van der Waals surface area contributed by atoms with E-state index < -0.39 is 18.5 Å². The number of aromatic nitrogens is 1. The summed E-state index contributed by atoms with van der Waals surface area (Å²) in [5, 5.41) is 6.21. The van der Waals surface area contributed by atoms with Crippen LogP contribution in [0.25, 0.3) is 10.9 Å². The molecule has 8 heteroatoms. The molecular formula is C25H26N4O4. The van der Waals surface area contributed by atoms with E-state index in [2.05, 4.69) is 15.5 Å². The van der Waals surface area contributed by atoms with E-state index in [4.69, 9.17) is 9.72 Å². The number of esters is 1. The molecule has 2 N–H and O–H groups in total. The predicted octanol–water partition coefficient (Wildman–Crippen LogP) is 3.38. The molecule has 2 amide bonds. The lowest BCUT2D eigenvalue weighted by molar-refractivity contribution is -0.119.